The van der Waals surface area contributed by atoms with Crippen molar-refractivity contribution < 1.29 is 14.6 Å². The first-order valence-corrected chi connectivity index (χ1v) is 8.97. The highest BCUT2D eigenvalue weighted by molar-refractivity contribution is 5.43. The first-order chi connectivity index (χ1) is 12.3. The van der Waals surface area contributed by atoms with Gasteiger partial charge in [-0.2, -0.15) is 0 Å². The SMILES string of the molecule is COc1cccc2c1C[C@H]1O[C@@H](CO)CN(Cc3ccccc3)[C@@H]1C2. The van der Waals surface area contributed by atoms with Gasteiger partial charge in [-0.25, -0.2) is 0 Å². The number of aliphatic hydroxyl groups excluding tert-OH is 1. The smallest absolute Gasteiger partial charge is 0.122 e. The average Bonchev–Trinajstić information content (AvgIpc) is 2.66. The summed E-state index contributed by atoms with van der Waals surface area (Å²) < 4.78 is 11.8. The van der Waals surface area contributed by atoms with Crippen molar-refractivity contribution in [1.29, 1.82) is 0 Å². The lowest BCUT2D eigenvalue weighted by Crippen LogP contribution is -2.58. The third-order valence-corrected chi connectivity index (χ3v) is 5.42. The van der Waals surface area contributed by atoms with Crippen LogP contribution in [0.2, 0.25) is 0 Å². The molecule has 1 aliphatic carbocycles. The summed E-state index contributed by atoms with van der Waals surface area (Å²) in [5, 5.41) is 9.68. The van der Waals surface area contributed by atoms with E-state index in [1.165, 1.54) is 16.7 Å². The van der Waals surface area contributed by atoms with Gasteiger partial charge in [-0.1, -0.05) is 42.5 Å². The van der Waals surface area contributed by atoms with E-state index in [0.717, 1.165) is 31.7 Å². The molecule has 3 atom stereocenters. The van der Waals surface area contributed by atoms with Crippen LogP contribution in [0.4, 0.5) is 0 Å². The predicted octanol–water partition coefficient (Wildman–Crippen LogP) is 2.42. The molecule has 4 heteroatoms. The first kappa shape index (κ1) is 16.6. The van der Waals surface area contributed by atoms with Crippen LogP contribution in [0.3, 0.4) is 0 Å². The Kier molecular flexibility index (Phi) is 4.75. The van der Waals surface area contributed by atoms with E-state index >= 15 is 0 Å². The molecule has 132 valence electrons. The molecule has 1 aliphatic heterocycles. The Hall–Kier alpha value is -1.88. The van der Waals surface area contributed by atoms with Crippen molar-refractivity contribution in [3.63, 3.8) is 0 Å². The molecule has 0 saturated carbocycles. The number of aliphatic hydroxyl groups is 1. The number of rotatable bonds is 4. The fourth-order valence-corrected chi connectivity index (χ4v) is 4.21. The van der Waals surface area contributed by atoms with Crippen LogP contribution in [0.5, 0.6) is 5.75 Å². The van der Waals surface area contributed by atoms with Gasteiger partial charge in [0.1, 0.15) is 5.75 Å². The number of morpholine rings is 1. The third kappa shape index (κ3) is 3.30. The van der Waals surface area contributed by atoms with Gasteiger partial charge in [-0.05, 0) is 29.2 Å². The lowest BCUT2D eigenvalue weighted by atomic mass is 9.83. The van der Waals surface area contributed by atoms with Gasteiger partial charge >= 0.3 is 0 Å². The Morgan fingerprint density at radius 2 is 1.96 bits per heavy atom. The number of hydrogen-bond acceptors (Lipinski definition) is 4. The lowest BCUT2D eigenvalue weighted by Gasteiger charge is -2.47. The second-order valence-corrected chi connectivity index (χ2v) is 6.97. The first-order valence-electron chi connectivity index (χ1n) is 8.97. The van der Waals surface area contributed by atoms with E-state index in [1.54, 1.807) is 7.11 Å². The van der Waals surface area contributed by atoms with Crippen molar-refractivity contribution in [3.05, 3.63) is 65.2 Å². The highest BCUT2D eigenvalue weighted by atomic mass is 16.5. The molecular formula is C21H25NO3. The molecule has 0 spiro atoms. The van der Waals surface area contributed by atoms with Crippen molar-refractivity contribution in [2.75, 3.05) is 20.3 Å². The van der Waals surface area contributed by atoms with E-state index in [2.05, 4.69) is 41.3 Å². The fourth-order valence-electron chi connectivity index (χ4n) is 4.21. The second-order valence-electron chi connectivity index (χ2n) is 6.97. The largest absolute Gasteiger partial charge is 0.496 e. The lowest BCUT2D eigenvalue weighted by molar-refractivity contribution is -0.138. The average molecular weight is 339 g/mol. The zero-order valence-corrected chi connectivity index (χ0v) is 14.6. The van der Waals surface area contributed by atoms with Crippen molar-refractivity contribution in [3.8, 4) is 5.75 Å². The maximum atomic E-state index is 9.68. The van der Waals surface area contributed by atoms with Gasteiger partial charge in [-0.3, -0.25) is 4.90 Å². The maximum absolute atomic E-state index is 9.68. The molecular weight excluding hydrogens is 314 g/mol. The molecule has 0 amide bonds. The number of ether oxygens (including phenoxy) is 2. The number of hydrogen-bond donors (Lipinski definition) is 1. The maximum Gasteiger partial charge on any atom is 0.122 e. The number of nitrogens with zero attached hydrogens (tertiary/aromatic N) is 1. The van der Waals surface area contributed by atoms with Crippen molar-refractivity contribution in [2.45, 2.75) is 37.6 Å². The molecule has 0 unspecified atom stereocenters. The molecule has 2 aromatic rings. The third-order valence-electron chi connectivity index (χ3n) is 5.42. The molecule has 1 heterocycles. The van der Waals surface area contributed by atoms with Gasteiger partial charge in [0.05, 0.1) is 25.9 Å². The van der Waals surface area contributed by atoms with Crippen LogP contribution in [-0.2, 0) is 24.1 Å². The van der Waals surface area contributed by atoms with E-state index in [9.17, 15) is 5.11 Å². The van der Waals surface area contributed by atoms with Gasteiger partial charge in [0.25, 0.3) is 0 Å². The zero-order chi connectivity index (χ0) is 17.2. The number of benzene rings is 2. The summed E-state index contributed by atoms with van der Waals surface area (Å²) in [5.41, 5.74) is 3.91. The summed E-state index contributed by atoms with van der Waals surface area (Å²) in [6.07, 6.45) is 1.77. The van der Waals surface area contributed by atoms with Crippen LogP contribution in [-0.4, -0.2) is 48.5 Å². The topological polar surface area (TPSA) is 41.9 Å². The van der Waals surface area contributed by atoms with Crippen LogP contribution in [0.15, 0.2) is 48.5 Å². The molecule has 2 aliphatic rings. The molecule has 2 aromatic carbocycles. The summed E-state index contributed by atoms with van der Waals surface area (Å²) >= 11 is 0. The Morgan fingerprint density at radius 1 is 1.12 bits per heavy atom. The van der Waals surface area contributed by atoms with Crippen LogP contribution in [0.25, 0.3) is 0 Å². The fraction of sp³-hybridized carbons (Fsp3) is 0.429. The summed E-state index contributed by atoms with van der Waals surface area (Å²) in [7, 11) is 1.72. The van der Waals surface area contributed by atoms with Crippen molar-refractivity contribution in [1.82, 2.24) is 4.90 Å². The Balaban J connectivity index is 1.62. The minimum atomic E-state index is -0.124. The molecule has 0 aromatic heterocycles. The Labute approximate surface area is 149 Å². The van der Waals surface area contributed by atoms with Crippen LogP contribution >= 0.6 is 0 Å². The highest BCUT2D eigenvalue weighted by Crippen LogP contribution is 2.35. The molecule has 1 N–H and O–H groups in total. The van der Waals surface area contributed by atoms with Crippen molar-refractivity contribution >= 4 is 0 Å². The monoisotopic (exact) mass is 339 g/mol. The van der Waals surface area contributed by atoms with E-state index in [-0.39, 0.29) is 18.8 Å². The van der Waals surface area contributed by atoms with Gasteiger partial charge in [0.2, 0.25) is 0 Å². The molecule has 1 fully saturated rings. The van der Waals surface area contributed by atoms with E-state index < -0.39 is 0 Å². The molecule has 0 bridgehead atoms. The minimum Gasteiger partial charge on any atom is -0.496 e. The van der Waals surface area contributed by atoms with Gasteiger partial charge in [-0.15, -0.1) is 0 Å². The molecule has 4 rings (SSSR count). The molecule has 1 saturated heterocycles. The summed E-state index contributed by atoms with van der Waals surface area (Å²) in [4.78, 5) is 2.48. The Morgan fingerprint density at radius 3 is 2.72 bits per heavy atom. The Bertz CT molecular complexity index is 718. The number of methoxy groups -OCH3 is 1. The summed E-state index contributed by atoms with van der Waals surface area (Å²) in [6.45, 7) is 1.72. The minimum absolute atomic E-state index is 0.0628. The molecule has 25 heavy (non-hydrogen) atoms. The van der Waals surface area contributed by atoms with Crippen molar-refractivity contribution in [2.24, 2.45) is 0 Å². The predicted molar refractivity (Wildman–Crippen MR) is 96.8 cm³/mol. The van der Waals surface area contributed by atoms with Gasteiger partial charge < -0.3 is 14.6 Å². The molecule has 4 nitrogen and oxygen atoms in total. The van der Waals surface area contributed by atoms with Crippen LogP contribution in [0, 0.1) is 0 Å². The van der Waals surface area contributed by atoms with E-state index in [1.807, 2.05) is 12.1 Å². The van der Waals surface area contributed by atoms with Gasteiger partial charge in [0.15, 0.2) is 0 Å². The summed E-state index contributed by atoms with van der Waals surface area (Å²) in [6, 6.07) is 17.2. The number of fused-ring (bicyclic) bond motifs is 2. The quantitative estimate of drug-likeness (QED) is 0.929. The van der Waals surface area contributed by atoms with Gasteiger partial charge in [0, 0.05) is 25.6 Å². The van der Waals surface area contributed by atoms with Crippen LogP contribution in [0.1, 0.15) is 16.7 Å². The normalized spacial score (nSPS) is 25.9. The highest BCUT2D eigenvalue weighted by Gasteiger charge is 2.40. The second kappa shape index (κ2) is 7.16. The van der Waals surface area contributed by atoms with Crippen LogP contribution < -0.4 is 4.74 Å². The standard InChI is InChI=1S/C21H25NO3/c1-24-20-9-5-8-16-10-19-21(11-18(16)20)25-17(14-23)13-22(19)12-15-6-3-2-4-7-15/h2-9,17,19,21,23H,10-14H2,1H3/t17-,19-,21-/m1/s1. The van der Waals surface area contributed by atoms with E-state index in [4.69, 9.17) is 9.47 Å². The van der Waals surface area contributed by atoms with E-state index in [0.29, 0.717) is 6.04 Å². The summed E-state index contributed by atoms with van der Waals surface area (Å²) in [5.74, 6) is 0.945. The molecule has 0 radical (unpaired) electrons. The zero-order valence-electron chi connectivity index (χ0n) is 14.6.